The second kappa shape index (κ2) is 6.81. The summed E-state index contributed by atoms with van der Waals surface area (Å²) >= 11 is 4.47. The fraction of sp³-hybridized carbons (Fsp3) is 0.250. The van der Waals surface area contributed by atoms with Crippen molar-refractivity contribution in [1.82, 2.24) is 4.98 Å². The van der Waals surface area contributed by atoms with Crippen LogP contribution in [0.4, 0.5) is 15.2 Å². The van der Waals surface area contributed by atoms with Gasteiger partial charge in [-0.1, -0.05) is 11.3 Å². The second-order valence-corrected chi connectivity index (χ2v) is 5.91. The number of nitrogens with one attached hydrogen (secondary N) is 1. The van der Waals surface area contributed by atoms with Crippen molar-refractivity contribution in [2.75, 3.05) is 11.9 Å². The van der Waals surface area contributed by atoms with E-state index in [1.54, 1.807) is 6.20 Å². The number of hydrogen-bond donors (Lipinski definition) is 1. The van der Waals surface area contributed by atoms with Crippen molar-refractivity contribution in [3.8, 4) is 5.75 Å². The van der Waals surface area contributed by atoms with Crippen LogP contribution < -0.4 is 10.1 Å². The third kappa shape index (κ3) is 3.88. The third-order valence-corrected chi connectivity index (χ3v) is 3.94. The van der Waals surface area contributed by atoms with Gasteiger partial charge in [0.1, 0.15) is 12.4 Å². The molecule has 0 bridgehead atoms. The summed E-state index contributed by atoms with van der Waals surface area (Å²) in [7, 11) is 0. The summed E-state index contributed by atoms with van der Waals surface area (Å²) in [5.74, 6) is -0.701. The van der Waals surface area contributed by atoms with E-state index in [4.69, 9.17) is 4.74 Å². The molecule has 0 amide bonds. The Morgan fingerprint density at radius 2 is 2.33 bits per heavy atom. The molecule has 0 fully saturated rings. The number of rotatable bonds is 6. The Hall–Kier alpha value is -1.74. The first-order valence-corrected chi connectivity index (χ1v) is 7.57. The number of ether oxygens (including phenoxy) is 1. The number of anilines is 1. The van der Waals surface area contributed by atoms with Crippen LogP contribution in [0.5, 0.6) is 5.75 Å². The van der Waals surface area contributed by atoms with Gasteiger partial charge in [0.05, 0.1) is 20.3 Å². The van der Waals surface area contributed by atoms with Crippen molar-refractivity contribution in [2.45, 2.75) is 13.5 Å². The number of thiazole rings is 1. The number of nitrogens with zero attached hydrogens (tertiary/aromatic N) is 2. The molecule has 2 aromatic rings. The quantitative estimate of drug-likeness (QED) is 0.610. The molecule has 1 heterocycles. The topological polar surface area (TPSA) is 77.3 Å². The van der Waals surface area contributed by atoms with Crippen LogP contribution in [0, 0.1) is 15.9 Å². The molecule has 0 aliphatic carbocycles. The summed E-state index contributed by atoms with van der Waals surface area (Å²) in [6, 6.07) is 1.95. The van der Waals surface area contributed by atoms with E-state index in [9.17, 15) is 14.5 Å². The standard InChI is InChI=1S/C12H11BrFN3O3S/c1-2-15-12-16-5-8(21-12)6-20-11-9(13)3-7(14)4-10(11)17(18)19/h3-5H,2,6H2,1H3,(H,15,16). The zero-order chi connectivity index (χ0) is 15.4. The van der Waals surface area contributed by atoms with Gasteiger partial charge in [-0.2, -0.15) is 0 Å². The predicted molar refractivity (Wildman–Crippen MR) is 81.4 cm³/mol. The molecule has 0 atom stereocenters. The van der Waals surface area contributed by atoms with E-state index in [2.05, 4.69) is 26.2 Å². The molecule has 9 heteroatoms. The van der Waals surface area contributed by atoms with Crippen LogP contribution in [0.2, 0.25) is 0 Å². The van der Waals surface area contributed by atoms with Gasteiger partial charge in [-0.3, -0.25) is 10.1 Å². The maximum atomic E-state index is 13.2. The van der Waals surface area contributed by atoms with Crippen LogP contribution in [0.1, 0.15) is 11.8 Å². The molecule has 0 spiro atoms. The van der Waals surface area contributed by atoms with Crippen LogP contribution in [0.25, 0.3) is 0 Å². The molecule has 0 saturated heterocycles. The van der Waals surface area contributed by atoms with Crippen molar-refractivity contribution in [1.29, 1.82) is 0 Å². The van der Waals surface area contributed by atoms with Gasteiger partial charge in [0.15, 0.2) is 5.13 Å². The number of nitro benzene ring substituents is 1. The lowest BCUT2D eigenvalue weighted by atomic mass is 10.3. The van der Waals surface area contributed by atoms with Gasteiger partial charge >= 0.3 is 5.69 Å². The zero-order valence-corrected chi connectivity index (χ0v) is 13.3. The molecule has 1 N–H and O–H groups in total. The number of halogens is 2. The molecule has 112 valence electrons. The zero-order valence-electron chi connectivity index (χ0n) is 10.9. The molecular weight excluding hydrogens is 365 g/mol. The minimum absolute atomic E-state index is 0.000185. The maximum Gasteiger partial charge on any atom is 0.315 e. The number of aromatic nitrogens is 1. The minimum Gasteiger partial charge on any atom is -0.480 e. The third-order valence-electron chi connectivity index (χ3n) is 2.43. The summed E-state index contributed by atoms with van der Waals surface area (Å²) in [5, 5.41) is 14.8. The molecule has 6 nitrogen and oxygen atoms in total. The summed E-state index contributed by atoms with van der Waals surface area (Å²) in [4.78, 5) is 15.2. The van der Waals surface area contributed by atoms with Gasteiger partial charge in [-0.05, 0) is 28.9 Å². The van der Waals surface area contributed by atoms with E-state index in [0.717, 1.165) is 28.7 Å². The van der Waals surface area contributed by atoms with Crippen LogP contribution >= 0.6 is 27.3 Å². The molecule has 0 aliphatic rings. The number of nitro groups is 1. The second-order valence-electron chi connectivity index (χ2n) is 3.94. The fourth-order valence-corrected chi connectivity index (χ4v) is 2.91. The predicted octanol–water partition coefficient (Wildman–Crippen LogP) is 3.96. The van der Waals surface area contributed by atoms with E-state index in [1.165, 1.54) is 11.3 Å². The average Bonchev–Trinajstić information content (AvgIpc) is 2.85. The SMILES string of the molecule is CCNc1ncc(COc2c(Br)cc(F)cc2[N+](=O)[O-])s1. The van der Waals surface area contributed by atoms with Crippen molar-refractivity contribution in [3.63, 3.8) is 0 Å². The van der Waals surface area contributed by atoms with Crippen LogP contribution in [-0.2, 0) is 6.61 Å². The Labute approximate surface area is 132 Å². The Balaban J connectivity index is 2.17. The number of benzene rings is 1. The van der Waals surface area contributed by atoms with E-state index >= 15 is 0 Å². The van der Waals surface area contributed by atoms with Crippen LogP contribution in [0.15, 0.2) is 22.8 Å². The lowest BCUT2D eigenvalue weighted by molar-refractivity contribution is -0.386. The lowest BCUT2D eigenvalue weighted by Crippen LogP contribution is -1.99. The molecule has 1 aromatic heterocycles. The molecule has 0 saturated carbocycles. The molecule has 0 radical (unpaired) electrons. The van der Waals surface area contributed by atoms with Gasteiger partial charge in [0, 0.05) is 12.7 Å². The molecule has 2 rings (SSSR count). The normalized spacial score (nSPS) is 10.4. The van der Waals surface area contributed by atoms with E-state index in [0.29, 0.717) is 0 Å². The molecule has 0 unspecified atom stereocenters. The molecular formula is C12H11BrFN3O3S. The first-order chi connectivity index (χ1) is 10.0. The minimum atomic E-state index is -0.701. The van der Waals surface area contributed by atoms with Crippen LogP contribution in [-0.4, -0.2) is 16.5 Å². The maximum absolute atomic E-state index is 13.2. The fourth-order valence-electron chi connectivity index (χ4n) is 1.58. The van der Waals surface area contributed by atoms with Gasteiger partial charge in [-0.25, -0.2) is 9.37 Å². The van der Waals surface area contributed by atoms with Crippen molar-refractivity contribution < 1.29 is 14.1 Å². The summed E-state index contributed by atoms with van der Waals surface area (Å²) in [6.45, 7) is 2.83. The first-order valence-electron chi connectivity index (χ1n) is 5.96. The highest BCUT2D eigenvalue weighted by Gasteiger charge is 2.21. The van der Waals surface area contributed by atoms with Crippen molar-refractivity contribution >= 4 is 38.1 Å². The van der Waals surface area contributed by atoms with Crippen LogP contribution in [0.3, 0.4) is 0 Å². The smallest absolute Gasteiger partial charge is 0.315 e. The van der Waals surface area contributed by atoms with Gasteiger partial charge < -0.3 is 10.1 Å². The molecule has 1 aromatic carbocycles. The summed E-state index contributed by atoms with van der Waals surface area (Å²) in [5.41, 5.74) is -0.418. The average molecular weight is 376 g/mol. The lowest BCUT2D eigenvalue weighted by Gasteiger charge is -2.07. The highest BCUT2D eigenvalue weighted by Crippen LogP contribution is 2.36. The number of hydrogen-bond acceptors (Lipinski definition) is 6. The highest BCUT2D eigenvalue weighted by molar-refractivity contribution is 9.10. The van der Waals surface area contributed by atoms with Crippen molar-refractivity contribution in [2.24, 2.45) is 0 Å². The Kier molecular flexibility index (Phi) is 5.07. The first kappa shape index (κ1) is 15.6. The van der Waals surface area contributed by atoms with Gasteiger partial charge in [0.2, 0.25) is 5.75 Å². The Bertz CT molecular complexity index is 665. The Morgan fingerprint density at radius 1 is 1.57 bits per heavy atom. The summed E-state index contributed by atoms with van der Waals surface area (Å²) < 4.78 is 18.9. The Morgan fingerprint density at radius 3 is 3.00 bits per heavy atom. The monoisotopic (exact) mass is 375 g/mol. The van der Waals surface area contributed by atoms with E-state index < -0.39 is 16.4 Å². The largest absolute Gasteiger partial charge is 0.480 e. The van der Waals surface area contributed by atoms with Gasteiger partial charge in [0.25, 0.3) is 0 Å². The molecule has 0 aliphatic heterocycles. The summed E-state index contributed by atoms with van der Waals surface area (Å²) in [6.07, 6.45) is 1.63. The van der Waals surface area contributed by atoms with Gasteiger partial charge in [-0.15, -0.1) is 0 Å². The van der Waals surface area contributed by atoms with E-state index in [1.807, 2.05) is 6.92 Å². The molecule has 21 heavy (non-hydrogen) atoms. The van der Waals surface area contributed by atoms with Crippen molar-refractivity contribution in [3.05, 3.63) is 43.6 Å². The highest BCUT2D eigenvalue weighted by atomic mass is 79.9. The van der Waals surface area contributed by atoms with E-state index in [-0.39, 0.29) is 16.8 Å².